The first-order chi connectivity index (χ1) is 25.4. The number of allylic oxidation sites excluding steroid dienone is 2. The highest BCUT2D eigenvalue weighted by Crippen LogP contribution is 2.50. The van der Waals surface area contributed by atoms with Crippen LogP contribution in [0, 0.1) is 23.7 Å². The number of fused-ring (bicyclic) bond motifs is 2. The summed E-state index contributed by atoms with van der Waals surface area (Å²) in [5.41, 5.74) is 0.916. The molecule has 1 spiro atoms. The molecule has 5 rings (SSSR count). The molecule has 3 fully saturated rings. The molecule has 306 valence electrons. The van der Waals surface area contributed by atoms with Crippen molar-refractivity contribution in [2.75, 3.05) is 25.3 Å². The molecule has 12 atom stereocenters. The number of hydrogen-bond acceptors (Lipinski definition) is 9. The zero-order valence-corrected chi connectivity index (χ0v) is 37.4. The molecular weight excluding hydrogens is 768 g/mol. The third kappa shape index (κ3) is 9.41. The van der Waals surface area contributed by atoms with Gasteiger partial charge < -0.3 is 38.0 Å². The molecule has 9 nitrogen and oxygen atoms in total. The Hall–Kier alpha value is -1.15. The number of esters is 1. The summed E-state index contributed by atoms with van der Waals surface area (Å²) in [4.78, 5) is 14.6. The van der Waals surface area contributed by atoms with E-state index in [9.17, 15) is 9.90 Å². The second kappa shape index (κ2) is 17.8. The van der Waals surface area contributed by atoms with Gasteiger partial charge in [-0.05, 0) is 73.4 Å². The van der Waals surface area contributed by atoms with Crippen molar-refractivity contribution in [1.82, 2.24) is 0 Å². The van der Waals surface area contributed by atoms with Crippen LogP contribution in [-0.4, -0.2) is 92.7 Å². The Kier molecular flexibility index (Phi) is 14.5. The molecule has 3 saturated heterocycles. The highest BCUT2D eigenvalue weighted by molar-refractivity contribution is 9.09. The van der Waals surface area contributed by atoms with Gasteiger partial charge in [0.2, 0.25) is 0 Å². The van der Waals surface area contributed by atoms with E-state index in [-0.39, 0.29) is 42.7 Å². The minimum Gasteiger partial charge on any atom is -0.462 e. The molecule has 0 aromatic heterocycles. The van der Waals surface area contributed by atoms with Gasteiger partial charge in [-0.25, -0.2) is 0 Å². The number of carbonyl (C=O) groups is 1. The van der Waals surface area contributed by atoms with E-state index >= 15 is 0 Å². The van der Waals surface area contributed by atoms with Crippen molar-refractivity contribution in [3.63, 3.8) is 0 Å². The molecule has 2 bridgehead atoms. The third-order valence-corrected chi connectivity index (χ3v) is 18.0. The standard InChI is InChI=1S/C43H69BrO9Si/c1-12-27(2)37-30(5)18-19-42(52-37)24-34-23-33(51-42)17-16-29(4)36(49-26-47-21-20-44)28(3)14-13-15-32-25-48-39-38(53-54(10,11)41(7,8)9)31(6)22-35(40(45)50-34)43(32,39)46/h13-16,22,27-28,30,33-39,46H,12,17-21,23-26H2,1-11H3/b14-13+,29-16+,32-15+/t27?,28-,30-,33+,34-,35-,36-,37+,38+,39+,42+,43+/m0/s1. The number of halogens is 1. The van der Waals surface area contributed by atoms with Crippen LogP contribution >= 0.6 is 15.9 Å². The molecule has 54 heavy (non-hydrogen) atoms. The fourth-order valence-corrected chi connectivity index (χ4v) is 10.2. The number of hydrogen-bond donors (Lipinski definition) is 1. The Morgan fingerprint density at radius 1 is 1.11 bits per heavy atom. The van der Waals surface area contributed by atoms with Crippen molar-refractivity contribution in [2.45, 2.75) is 167 Å². The Morgan fingerprint density at radius 3 is 2.54 bits per heavy atom. The van der Waals surface area contributed by atoms with Crippen LogP contribution in [0.2, 0.25) is 18.1 Å². The van der Waals surface area contributed by atoms with Crippen LogP contribution in [-0.2, 0) is 37.6 Å². The van der Waals surface area contributed by atoms with Gasteiger partial charge in [-0.3, -0.25) is 4.79 Å². The monoisotopic (exact) mass is 836 g/mol. The molecule has 4 heterocycles. The molecule has 1 unspecified atom stereocenters. The average molecular weight is 838 g/mol. The zero-order valence-electron chi connectivity index (χ0n) is 34.8. The van der Waals surface area contributed by atoms with Crippen LogP contribution in [0.15, 0.2) is 47.1 Å². The molecule has 5 aliphatic rings. The van der Waals surface area contributed by atoms with E-state index < -0.39 is 49.9 Å². The summed E-state index contributed by atoms with van der Waals surface area (Å²) in [7, 11) is -2.30. The summed E-state index contributed by atoms with van der Waals surface area (Å²) >= 11 is 3.43. The quantitative estimate of drug-likeness (QED) is 0.0610. The Balaban J connectivity index is 1.57. The minimum atomic E-state index is -2.30. The predicted molar refractivity (Wildman–Crippen MR) is 218 cm³/mol. The number of rotatable bonds is 9. The first-order valence-corrected chi connectivity index (χ1v) is 24.4. The molecule has 4 aliphatic heterocycles. The molecule has 0 amide bonds. The van der Waals surface area contributed by atoms with Gasteiger partial charge in [0, 0.05) is 30.5 Å². The summed E-state index contributed by atoms with van der Waals surface area (Å²) in [6.45, 7) is 24.8. The highest BCUT2D eigenvalue weighted by Gasteiger charge is 2.61. The van der Waals surface area contributed by atoms with Crippen LogP contribution in [0.1, 0.15) is 101 Å². The molecular formula is C43H69BrO9Si. The van der Waals surface area contributed by atoms with Crippen LogP contribution in [0.4, 0.5) is 0 Å². The van der Waals surface area contributed by atoms with Crippen molar-refractivity contribution in [1.29, 1.82) is 0 Å². The van der Waals surface area contributed by atoms with Crippen LogP contribution < -0.4 is 0 Å². The molecule has 0 aromatic rings. The Labute approximate surface area is 334 Å². The van der Waals surface area contributed by atoms with E-state index in [1.807, 2.05) is 25.2 Å². The summed E-state index contributed by atoms with van der Waals surface area (Å²) in [6.07, 6.45) is 12.1. The maximum atomic E-state index is 14.6. The molecule has 1 aliphatic carbocycles. The molecule has 0 saturated carbocycles. The third-order valence-electron chi connectivity index (χ3n) is 13.2. The lowest BCUT2D eigenvalue weighted by Crippen LogP contribution is -2.60. The number of carbonyl (C=O) groups excluding carboxylic acids is 1. The summed E-state index contributed by atoms with van der Waals surface area (Å²) in [5.74, 6) is -1.56. The smallest absolute Gasteiger partial charge is 0.316 e. The maximum Gasteiger partial charge on any atom is 0.316 e. The lowest BCUT2D eigenvalue weighted by atomic mass is 9.71. The van der Waals surface area contributed by atoms with E-state index in [2.05, 4.69) is 96.6 Å². The SMILES string of the molecule is CCC(C)[C@H]1O[C@]2(CC[C@@H]1C)C[C@@H]1C[C@@H](C/C=C(\C)[C@@H](OCOCCBr)[C@@H](C)/C=C/C=C3\CO[C@@H]4[C@H](O[Si](C)(C)C(C)(C)C)C(C)=C[C@@H](C(=O)O1)[C@]34O)O2. The first-order valence-electron chi connectivity index (χ1n) is 20.4. The zero-order chi connectivity index (χ0) is 39.6. The van der Waals surface area contributed by atoms with Gasteiger partial charge in [0.25, 0.3) is 0 Å². The van der Waals surface area contributed by atoms with Gasteiger partial charge in [0.15, 0.2) is 14.1 Å². The van der Waals surface area contributed by atoms with Gasteiger partial charge in [0.05, 0.1) is 37.6 Å². The van der Waals surface area contributed by atoms with E-state index in [4.69, 9.17) is 32.8 Å². The van der Waals surface area contributed by atoms with Crippen LogP contribution in [0.5, 0.6) is 0 Å². The van der Waals surface area contributed by atoms with E-state index in [1.165, 1.54) is 0 Å². The van der Waals surface area contributed by atoms with Gasteiger partial charge in [-0.1, -0.05) is 101 Å². The summed E-state index contributed by atoms with van der Waals surface area (Å²) in [6, 6.07) is 0. The van der Waals surface area contributed by atoms with Crippen LogP contribution in [0.3, 0.4) is 0 Å². The topological polar surface area (TPSA) is 102 Å². The predicted octanol–water partition coefficient (Wildman–Crippen LogP) is 8.95. The highest BCUT2D eigenvalue weighted by atomic mass is 79.9. The Bertz CT molecular complexity index is 1430. The van der Waals surface area contributed by atoms with Gasteiger partial charge in [-0.2, -0.15) is 0 Å². The second-order valence-corrected chi connectivity index (χ2v) is 23.8. The van der Waals surface area contributed by atoms with E-state index in [0.717, 1.165) is 35.7 Å². The van der Waals surface area contributed by atoms with Crippen molar-refractivity contribution >= 4 is 30.2 Å². The van der Waals surface area contributed by atoms with Gasteiger partial charge in [-0.15, -0.1) is 0 Å². The Morgan fingerprint density at radius 2 is 1.85 bits per heavy atom. The minimum absolute atomic E-state index is 0.0268. The molecule has 1 N–H and O–H groups in total. The van der Waals surface area contributed by atoms with Crippen molar-refractivity contribution in [2.24, 2.45) is 23.7 Å². The summed E-state index contributed by atoms with van der Waals surface area (Å²) < 4.78 is 46.0. The van der Waals surface area contributed by atoms with Crippen LogP contribution in [0.25, 0.3) is 0 Å². The van der Waals surface area contributed by atoms with Gasteiger partial charge >= 0.3 is 5.97 Å². The number of ether oxygens (including phenoxy) is 6. The van der Waals surface area contributed by atoms with Crippen molar-refractivity contribution in [3.8, 4) is 0 Å². The molecule has 0 aromatic carbocycles. The fraction of sp³-hybridized carbons (Fsp3) is 0.791. The molecule has 0 radical (unpaired) electrons. The van der Waals surface area contributed by atoms with Crippen molar-refractivity contribution < 1.29 is 42.7 Å². The van der Waals surface area contributed by atoms with E-state index in [0.29, 0.717) is 43.3 Å². The molecule has 11 heteroatoms. The van der Waals surface area contributed by atoms with Gasteiger partial charge in [0.1, 0.15) is 30.5 Å². The fourth-order valence-electron chi connectivity index (χ4n) is 8.69. The average Bonchev–Trinajstić information content (AvgIpc) is 3.44. The maximum absolute atomic E-state index is 14.6. The first kappa shape index (κ1) is 44.0. The lowest BCUT2D eigenvalue weighted by Gasteiger charge is -2.51. The lowest BCUT2D eigenvalue weighted by molar-refractivity contribution is -0.340. The summed E-state index contributed by atoms with van der Waals surface area (Å²) in [5, 5.41) is 13.6. The normalized spacial score (nSPS) is 41.2. The van der Waals surface area contributed by atoms with Crippen molar-refractivity contribution in [3.05, 3.63) is 47.1 Å². The largest absolute Gasteiger partial charge is 0.462 e. The van der Waals surface area contributed by atoms with E-state index in [1.54, 1.807) is 0 Å². The second-order valence-electron chi connectivity index (χ2n) is 18.3. The number of aliphatic hydroxyl groups is 1. The number of alkyl halides is 1.